The van der Waals surface area contributed by atoms with Crippen molar-refractivity contribution in [2.45, 2.75) is 32.0 Å². The predicted molar refractivity (Wildman–Crippen MR) is 60.0 cm³/mol. The van der Waals surface area contributed by atoms with E-state index >= 15 is 0 Å². The molecule has 1 aromatic rings. The average Bonchev–Trinajstić information content (AvgIpc) is 2.28. The molecule has 2 heterocycles. The SMILES string of the molecule is CC1(O)CCCN(c2cncc(CO)n2)C1. The van der Waals surface area contributed by atoms with E-state index in [1.807, 2.05) is 11.8 Å². The summed E-state index contributed by atoms with van der Waals surface area (Å²) in [5.41, 5.74) is -0.0995. The van der Waals surface area contributed by atoms with Crippen LogP contribution in [0.1, 0.15) is 25.5 Å². The molecule has 2 N–H and O–H groups in total. The molecule has 0 amide bonds. The van der Waals surface area contributed by atoms with E-state index in [1.54, 1.807) is 12.4 Å². The molecular weight excluding hydrogens is 206 g/mol. The molecule has 0 aliphatic carbocycles. The molecule has 1 aromatic heterocycles. The van der Waals surface area contributed by atoms with Crippen LogP contribution >= 0.6 is 0 Å². The third kappa shape index (κ3) is 2.48. The highest BCUT2D eigenvalue weighted by molar-refractivity contribution is 5.37. The molecule has 0 spiro atoms. The van der Waals surface area contributed by atoms with Crippen LogP contribution in [0.3, 0.4) is 0 Å². The Kier molecular flexibility index (Phi) is 3.07. The summed E-state index contributed by atoms with van der Waals surface area (Å²) in [6.07, 6.45) is 4.97. The van der Waals surface area contributed by atoms with Crippen LogP contribution in [-0.4, -0.2) is 38.9 Å². The molecule has 1 unspecified atom stereocenters. The molecule has 5 heteroatoms. The van der Waals surface area contributed by atoms with Gasteiger partial charge in [0, 0.05) is 13.1 Å². The van der Waals surface area contributed by atoms with Crippen LogP contribution < -0.4 is 4.90 Å². The first-order valence-corrected chi connectivity index (χ1v) is 5.50. The second kappa shape index (κ2) is 4.35. The number of piperidine rings is 1. The van der Waals surface area contributed by atoms with Crippen molar-refractivity contribution in [3.8, 4) is 0 Å². The van der Waals surface area contributed by atoms with Crippen LogP contribution in [0.25, 0.3) is 0 Å². The number of aromatic nitrogens is 2. The quantitative estimate of drug-likeness (QED) is 0.755. The van der Waals surface area contributed by atoms with E-state index in [1.165, 1.54) is 0 Å². The lowest BCUT2D eigenvalue weighted by Gasteiger charge is -2.37. The van der Waals surface area contributed by atoms with Gasteiger partial charge in [-0.15, -0.1) is 0 Å². The van der Waals surface area contributed by atoms with Gasteiger partial charge in [0.1, 0.15) is 5.82 Å². The number of hydrogen-bond donors (Lipinski definition) is 2. The maximum atomic E-state index is 9.99. The van der Waals surface area contributed by atoms with Gasteiger partial charge < -0.3 is 15.1 Å². The molecule has 0 radical (unpaired) electrons. The standard InChI is InChI=1S/C11H17N3O2/c1-11(16)3-2-4-14(8-11)10-6-12-5-9(7-15)13-10/h5-6,15-16H,2-4,7-8H2,1H3. The first-order chi connectivity index (χ1) is 7.61. The fraction of sp³-hybridized carbons (Fsp3) is 0.636. The zero-order valence-electron chi connectivity index (χ0n) is 9.43. The minimum Gasteiger partial charge on any atom is -0.390 e. The Labute approximate surface area is 94.8 Å². The third-order valence-electron chi connectivity index (χ3n) is 2.83. The molecule has 5 nitrogen and oxygen atoms in total. The zero-order chi connectivity index (χ0) is 11.6. The number of aliphatic hydroxyl groups excluding tert-OH is 1. The highest BCUT2D eigenvalue weighted by Gasteiger charge is 2.29. The van der Waals surface area contributed by atoms with Crippen LogP contribution in [0.5, 0.6) is 0 Å². The monoisotopic (exact) mass is 223 g/mol. The maximum Gasteiger partial charge on any atom is 0.147 e. The van der Waals surface area contributed by atoms with E-state index in [2.05, 4.69) is 9.97 Å². The number of anilines is 1. The van der Waals surface area contributed by atoms with E-state index in [0.29, 0.717) is 12.2 Å². The Bertz CT molecular complexity index is 368. The second-order valence-corrected chi connectivity index (χ2v) is 4.55. The minimum atomic E-state index is -0.658. The van der Waals surface area contributed by atoms with Crippen molar-refractivity contribution in [1.82, 2.24) is 9.97 Å². The van der Waals surface area contributed by atoms with Gasteiger partial charge >= 0.3 is 0 Å². The Morgan fingerprint density at radius 2 is 2.31 bits per heavy atom. The number of β-amino-alcohol motifs (C(OH)–C–C–N with tert-alkyl or cyclic N) is 1. The maximum absolute atomic E-state index is 9.99. The molecule has 1 aliphatic rings. The minimum absolute atomic E-state index is 0.106. The average molecular weight is 223 g/mol. The molecular formula is C11H17N3O2. The van der Waals surface area contributed by atoms with Crippen LogP contribution in [-0.2, 0) is 6.61 Å². The molecule has 0 bridgehead atoms. The van der Waals surface area contributed by atoms with Crippen LogP contribution in [0, 0.1) is 0 Å². The first-order valence-electron chi connectivity index (χ1n) is 5.50. The molecule has 16 heavy (non-hydrogen) atoms. The molecule has 88 valence electrons. The van der Waals surface area contributed by atoms with Crippen molar-refractivity contribution in [2.24, 2.45) is 0 Å². The zero-order valence-corrected chi connectivity index (χ0v) is 9.43. The van der Waals surface area contributed by atoms with Gasteiger partial charge in [0.25, 0.3) is 0 Å². The molecule has 1 fully saturated rings. The summed E-state index contributed by atoms with van der Waals surface area (Å²) in [5, 5.41) is 19.0. The highest BCUT2D eigenvalue weighted by atomic mass is 16.3. The molecule has 0 saturated carbocycles. The van der Waals surface area contributed by atoms with Crippen molar-refractivity contribution < 1.29 is 10.2 Å². The lowest BCUT2D eigenvalue weighted by atomic mass is 9.95. The second-order valence-electron chi connectivity index (χ2n) is 4.55. The molecule has 1 saturated heterocycles. The van der Waals surface area contributed by atoms with Gasteiger partial charge in [-0.3, -0.25) is 4.98 Å². The Morgan fingerprint density at radius 3 is 3.00 bits per heavy atom. The molecule has 0 aromatic carbocycles. The van der Waals surface area contributed by atoms with Gasteiger partial charge in [0.05, 0.1) is 30.3 Å². The van der Waals surface area contributed by atoms with Gasteiger partial charge in [-0.25, -0.2) is 4.98 Å². The van der Waals surface area contributed by atoms with Crippen LogP contribution in [0.15, 0.2) is 12.4 Å². The smallest absolute Gasteiger partial charge is 0.147 e. The lowest BCUT2D eigenvalue weighted by molar-refractivity contribution is 0.0446. The summed E-state index contributed by atoms with van der Waals surface area (Å²) < 4.78 is 0. The van der Waals surface area contributed by atoms with Gasteiger partial charge in [-0.1, -0.05) is 0 Å². The lowest BCUT2D eigenvalue weighted by Crippen LogP contribution is -2.46. The van der Waals surface area contributed by atoms with Crippen molar-refractivity contribution in [1.29, 1.82) is 0 Å². The first kappa shape index (κ1) is 11.3. The topological polar surface area (TPSA) is 69.5 Å². The van der Waals surface area contributed by atoms with Crippen LogP contribution in [0.2, 0.25) is 0 Å². The highest BCUT2D eigenvalue weighted by Crippen LogP contribution is 2.23. The largest absolute Gasteiger partial charge is 0.390 e. The van der Waals surface area contributed by atoms with E-state index in [-0.39, 0.29) is 6.61 Å². The van der Waals surface area contributed by atoms with Gasteiger partial charge in [0.2, 0.25) is 0 Å². The van der Waals surface area contributed by atoms with E-state index in [9.17, 15) is 5.11 Å². The summed E-state index contributed by atoms with van der Waals surface area (Å²) in [6.45, 7) is 3.17. The van der Waals surface area contributed by atoms with E-state index in [0.717, 1.165) is 25.2 Å². The fourth-order valence-electron chi connectivity index (χ4n) is 2.04. The summed E-state index contributed by atoms with van der Waals surface area (Å²) in [7, 11) is 0. The summed E-state index contributed by atoms with van der Waals surface area (Å²) in [5.74, 6) is 0.728. The van der Waals surface area contributed by atoms with Gasteiger partial charge in [-0.2, -0.15) is 0 Å². The normalized spacial score (nSPS) is 25.8. The third-order valence-corrected chi connectivity index (χ3v) is 2.83. The number of nitrogens with zero attached hydrogens (tertiary/aromatic N) is 3. The number of aliphatic hydroxyl groups is 2. The fourth-order valence-corrected chi connectivity index (χ4v) is 2.04. The van der Waals surface area contributed by atoms with Gasteiger partial charge in [-0.05, 0) is 19.8 Å². The Hall–Kier alpha value is -1.20. The molecule has 1 aliphatic heterocycles. The number of hydrogen-bond acceptors (Lipinski definition) is 5. The summed E-state index contributed by atoms with van der Waals surface area (Å²) >= 11 is 0. The van der Waals surface area contributed by atoms with Crippen molar-refractivity contribution in [2.75, 3.05) is 18.0 Å². The van der Waals surface area contributed by atoms with Crippen molar-refractivity contribution in [3.05, 3.63) is 18.1 Å². The van der Waals surface area contributed by atoms with Crippen molar-refractivity contribution in [3.63, 3.8) is 0 Å². The number of rotatable bonds is 2. The van der Waals surface area contributed by atoms with Crippen molar-refractivity contribution >= 4 is 5.82 Å². The Morgan fingerprint density at radius 1 is 1.50 bits per heavy atom. The van der Waals surface area contributed by atoms with E-state index < -0.39 is 5.60 Å². The molecule has 2 rings (SSSR count). The Balaban J connectivity index is 2.16. The van der Waals surface area contributed by atoms with E-state index in [4.69, 9.17) is 5.11 Å². The summed E-state index contributed by atoms with van der Waals surface area (Å²) in [4.78, 5) is 10.3. The van der Waals surface area contributed by atoms with Gasteiger partial charge in [0.15, 0.2) is 0 Å². The summed E-state index contributed by atoms with van der Waals surface area (Å²) in [6, 6.07) is 0. The van der Waals surface area contributed by atoms with Crippen LogP contribution in [0.4, 0.5) is 5.82 Å². The predicted octanol–water partition coefficient (Wildman–Crippen LogP) is 0.320. The molecule has 1 atom stereocenters.